The van der Waals surface area contributed by atoms with Crippen molar-refractivity contribution < 1.29 is 0 Å². The average Bonchev–Trinajstić information content (AvgIpc) is 2.64. The summed E-state index contributed by atoms with van der Waals surface area (Å²) in [5.41, 5.74) is 14.0. The summed E-state index contributed by atoms with van der Waals surface area (Å²) < 4.78 is 0. The second-order valence-corrected chi connectivity index (χ2v) is 5.76. The van der Waals surface area contributed by atoms with Crippen LogP contribution in [0.1, 0.15) is 12.5 Å². The van der Waals surface area contributed by atoms with Crippen molar-refractivity contribution in [1.82, 2.24) is 15.2 Å². The molecule has 1 aromatic heterocycles. The van der Waals surface area contributed by atoms with Crippen LogP contribution < -0.4 is 16.8 Å². The first-order valence-corrected chi connectivity index (χ1v) is 8.24. The molecule has 1 aromatic carbocycles. The summed E-state index contributed by atoms with van der Waals surface area (Å²) in [5.74, 6) is 1.06. The number of amidine groups is 1. The lowest BCUT2D eigenvalue weighted by molar-refractivity contribution is 0.457. The summed E-state index contributed by atoms with van der Waals surface area (Å²) in [5, 5.41) is 4.41. The summed E-state index contributed by atoms with van der Waals surface area (Å²) in [7, 11) is 1.91. The van der Waals surface area contributed by atoms with E-state index in [1.807, 2.05) is 43.2 Å². The molecule has 0 radical (unpaired) electrons. The molecule has 0 aliphatic carbocycles. The van der Waals surface area contributed by atoms with Crippen LogP contribution in [0.15, 0.2) is 65.7 Å². The summed E-state index contributed by atoms with van der Waals surface area (Å²) in [6.07, 6.45) is 7.39. The first-order valence-electron chi connectivity index (χ1n) is 8.24. The van der Waals surface area contributed by atoms with Crippen LogP contribution in [0.2, 0.25) is 0 Å². The zero-order valence-electron chi connectivity index (χ0n) is 14.8. The van der Waals surface area contributed by atoms with Crippen LogP contribution in [0.5, 0.6) is 0 Å². The highest BCUT2D eigenvalue weighted by molar-refractivity contribution is 5.83. The molecule has 1 heterocycles. The molecule has 0 spiro atoms. The first kappa shape index (κ1) is 18.5. The molecule has 2 rings (SSSR count). The van der Waals surface area contributed by atoms with Gasteiger partial charge in [-0.1, -0.05) is 24.3 Å². The van der Waals surface area contributed by atoms with Crippen LogP contribution in [0.3, 0.4) is 0 Å². The van der Waals surface area contributed by atoms with Gasteiger partial charge < -0.3 is 21.7 Å². The van der Waals surface area contributed by atoms with E-state index in [9.17, 15) is 0 Å². The third kappa shape index (κ3) is 5.93. The lowest BCUT2D eigenvalue weighted by Gasteiger charge is -2.16. The molecule has 0 bridgehead atoms. The van der Waals surface area contributed by atoms with Gasteiger partial charge in [-0.05, 0) is 30.7 Å². The van der Waals surface area contributed by atoms with Gasteiger partial charge in [0.2, 0.25) is 0 Å². The van der Waals surface area contributed by atoms with Crippen molar-refractivity contribution in [2.75, 3.05) is 20.1 Å². The van der Waals surface area contributed by atoms with E-state index in [0.29, 0.717) is 24.7 Å². The molecule has 0 aliphatic heterocycles. The molecule has 0 saturated carbocycles. The molecule has 6 heteroatoms. The fourth-order valence-corrected chi connectivity index (χ4v) is 2.23. The Labute approximate surface area is 148 Å². The number of nitrogens with zero attached hydrogens (tertiary/aromatic N) is 3. The summed E-state index contributed by atoms with van der Waals surface area (Å²) in [6.45, 7) is 3.92. The second-order valence-electron chi connectivity index (χ2n) is 5.76. The number of benzene rings is 1. The Morgan fingerprint density at radius 3 is 2.96 bits per heavy atom. The van der Waals surface area contributed by atoms with Crippen molar-refractivity contribution in [2.24, 2.45) is 16.5 Å². The molecule has 0 fully saturated rings. The molecule has 2 aromatic rings. The Hall–Kier alpha value is -2.86. The monoisotopic (exact) mass is 338 g/mol. The van der Waals surface area contributed by atoms with E-state index >= 15 is 0 Å². The van der Waals surface area contributed by atoms with Gasteiger partial charge in [-0.15, -0.1) is 0 Å². The molecule has 5 N–H and O–H groups in total. The van der Waals surface area contributed by atoms with Crippen molar-refractivity contribution >= 4 is 16.7 Å². The van der Waals surface area contributed by atoms with Gasteiger partial charge in [0.15, 0.2) is 0 Å². The van der Waals surface area contributed by atoms with Crippen molar-refractivity contribution in [3.63, 3.8) is 0 Å². The number of fused-ring (bicyclic) bond motifs is 1. The van der Waals surface area contributed by atoms with Crippen LogP contribution in [0.25, 0.3) is 10.9 Å². The van der Waals surface area contributed by atoms with Crippen molar-refractivity contribution in [1.29, 1.82) is 0 Å². The Morgan fingerprint density at radius 1 is 1.32 bits per heavy atom. The maximum Gasteiger partial charge on any atom is 0.118 e. The fourth-order valence-electron chi connectivity index (χ4n) is 2.23. The van der Waals surface area contributed by atoms with E-state index in [1.165, 1.54) is 5.56 Å². The Morgan fingerprint density at radius 2 is 2.16 bits per heavy atom. The number of hydrogen-bond donors (Lipinski definition) is 3. The van der Waals surface area contributed by atoms with Crippen molar-refractivity contribution in [3.05, 3.63) is 66.3 Å². The zero-order chi connectivity index (χ0) is 18.1. The number of rotatable bonds is 8. The highest BCUT2D eigenvalue weighted by atomic mass is 15.2. The van der Waals surface area contributed by atoms with E-state index in [2.05, 4.69) is 33.5 Å². The first-order chi connectivity index (χ1) is 12.1. The van der Waals surface area contributed by atoms with Gasteiger partial charge in [0.25, 0.3) is 0 Å². The molecule has 6 nitrogen and oxygen atoms in total. The van der Waals surface area contributed by atoms with E-state index < -0.39 is 0 Å². The van der Waals surface area contributed by atoms with Gasteiger partial charge in [0.05, 0.1) is 18.3 Å². The number of aromatic nitrogens is 1. The van der Waals surface area contributed by atoms with Gasteiger partial charge in [0, 0.05) is 31.7 Å². The van der Waals surface area contributed by atoms with Gasteiger partial charge in [0.1, 0.15) is 11.7 Å². The zero-order valence-corrected chi connectivity index (χ0v) is 14.8. The van der Waals surface area contributed by atoms with Crippen LogP contribution in [0.4, 0.5) is 0 Å². The number of pyridine rings is 1. The molecular formula is C19H26N6. The predicted octanol–water partition coefficient (Wildman–Crippen LogP) is 1.95. The topological polar surface area (TPSA) is 92.6 Å². The Bertz CT molecular complexity index is 778. The van der Waals surface area contributed by atoms with E-state index in [-0.39, 0.29) is 0 Å². The number of allylic oxidation sites excluding steroid dienone is 1. The summed E-state index contributed by atoms with van der Waals surface area (Å²) in [4.78, 5) is 10.4. The highest BCUT2D eigenvalue weighted by Gasteiger charge is 1.99. The van der Waals surface area contributed by atoms with Gasteiger partial charge in [-0.2, -0.15) is 0 Å². The molecule has 0 amide bonds. The number of nitrogens with one attached hydrogen (secondary N) is 1. The lowest BCUT2D eigenvalue weighted by Crippen LogP contribution is -2.29. The molecule has 0 unspecified atom stereocenters. The van der Waals surface area contributed by atoms with Gasteiger partial charge in [-0.25, -0.2) is 4.99 Å². The number of likely N-dealkylation sites (N-methyl/N-ethyl adjacent to an activating group) is 1. The SMILES string of the molecule is C/C=C/CN(C)/C(N)=C/N=C(N)CNCc1ccc2ncccc2c1. The standard InChI is InChI=1S/C19H26N6/c1-3-4-10-25(2)19(21)14-24-18(20)13-22-12-15-7-8-17-16(11-15)6-5-9-23-17/h3-9,11,14,22H,10,12-13,21H2,1-2H3,(H2,20,24)/b4-3+,19-14+. The average molecular weight is 338 g/mol. The van der Waals surface area contributed by atoms with Gasteiger partial charge >= 0.3 is 0 Å². The molecule has 132 valence electrons. The van der Waals surface area contributed by atoms with Gasteiger partial charge in [-0.3, -0.25) is 4.98 Å². The quantitative estimate of drug-likeness (QED) is 0.389. The maximum absolute atomic E-state index is 5.94. The number of hydrogen-bond acceptors (Lipinski definition) is 5. The van der Waals surface area contributed by atoms with E-state index in [0.717, 1.165) is 17.4 Å². The minimum Gasteiger partial charge on any atom is -0.386 e. The third-order valence-electron chi connectivity index (χ3n) is 3.72. The van der Waals surface area contributed by atoms with E-state index in [4.69, 9.17) is 11.5 Å². The van der Waals surface area contributed by atoms with Crippen LogP contribution in [0, 0.1) is 0 Å². The highest BCUT2D eigenvalue weighted by Crippen LogP contribution is 2.12. The number of nitrogens with two attached hydrogens (primary N) is 2. The number of aliphatic imine (C=N–C) groups is 1. The fraction of sp³-hybridized carbons (Fsp3) is 0.263. The Kier molecular flexibility index (Phi) is 6.98. The lowest BCUT2D eigenvalue weighted by atomic mass is 10.1. The minimum absolute atomic E-state index is 0.491. The maximum atomic E-state index is 5.94. The largest absolute Gasteiger partial charge is 0.386 e. The minimum atomic E-state index is 0.491. The third-order valence-corrected chi connectivity index (χ3v) is 3.72. The smallest absolute Gasteiger partial charge is 0.118 e. The molecule has 0 saturated heterocycles. The summed E-state index contributed by atoms with van der Waals surface area (Å²) in [6, 6.07) is 10.2. The van der Waals surface area contributed by atoms with Crippen LogP contribution in [-0.4, -0.2) is 35.9 Å². The van der Waals surface area contributed by atoms with Crippen LogP contribution in [-0.2, 0) is 6.54 Å². The van der Waals surface area contributed by atoms with Crippen LogP contribution >= 0.6 is 0 Å². The summed E-state index contributed by atoms with van der Waals surface area (Å²) >= 11 is 0. The Balaban J connectivity index is 1.85. The predicted molar refractivity (Wildman–Crippen MR) is 105 cm³/mol. The molecule has 0 atom stereocenters. The van der Waals surface area contributed by atoms with Crippen molar-refractivity contribution in [2.45, 2.75) is 13.5 Å². The molecule has 0 aliphatic rings. The van der Waals surface area contributed by atoms with Crippen molar-refractivity contribution in [3.8, 4) is 0 Å². The molecular weight excluding hydrogens is 312 g/mol. The van der Waals surface area contributed by atoms with E-state index in [1.54, 1.807) is 12.4 Å². The molecule has 25 heavy (non-hydrogen) atoms. The normalized spacial score (nSPS) is 12.9. The second kappa shape index (κ2) is 9.44.